The molecule has 8 nitrogen and oxygen atoms in total. The Bertz CT molecular complexity index is 1410. The van der Waals surface area contributed by atoms with Crippen molar-refractivity contribution in [2.45, 2.75) is 6.36 Å². The number of anilines is 2. The number of nitrogens with one attached hydrogen (secondary N) is 1. The molecule has 202 valence electrons. The number of carbonyl (C=O) groups excluding carboxylic acids is 2. The summed E-state index contributed by atoms with van der Waals surface area (Å²) in [5, 5.41) is 2.89. The fourth-order valence-electron chi connectivity index (χ4n) is 3.57. The van der Waals surface area contributed by atoms with Crippen LogP contribution in [0.1, 0.15) is 5.56 Å². The third kappa shape index (κ3) is 7.11. The topological polar surface area (TPSA) is 89.5 Å². The highest BCUT2D eigenvalue weighted by atomic mass is 32.2. The lowest BCUT2D eigenvalue weighted by atomic mass is 10.1. The molecule has 0 saturated carbocycles. The Morgan fingerprint density at radius 1 is 1.00 bits per heavy atom. The SMILES string of the molecule is COc1ccc(C=C2N=C(SCC(=O)Nc3ccc(OC(F)(F)F)cc3)N(c3ccccc3)C2=O)cc1OC. The molecule has 0 fully saturated rings. The second-order valence-electron chi connectivity index (χ2n) is 7.92. The summed E-state index contributed by atoms with van der Waals surface area (Å²) in [5.74, 6) is -0.299. The number of rotatable bonds is 8. The van der Waals surface area contributed by atoms with Gasteiger partial charge in [-0.15, -0.1) is 13.2 Å². The molecule has 1 aliphatic heterocycles. The quantitative estimate of drug-likeness (QED) is 0.357. The number of thioether (sulfide) groups is 1. The molecule has 0 atom stereocenters. The molecule has 1 heterocycles. The summed E-state index contributed by atoms with van der Waals surface area (Å²) in [7, 11) is 3.03. The second-order valence-corrected chi connectivity index (χ2v) is 8.87. The van der Waals surface area contributed by atoms with Gasteiger partial charge in [-0.2, -0.15) is 0 Å². The molecule has 0 radical (unpaired) electrons. The molecule has 1 aliphatic rings. The molecule has 0 aromatic heterocycles. The first-order valence-corrected chi connectivity index (χ1v) is 12.4. The highest BCUT2D eigenvalue weighted by Gasteiger charge is 2.33. The van der Waals surface area contributed by atoms with E-state index in [0.29, 0.717) is 27.9 Å². The minimum atomic E-state index is -4.81. The molecule has 0 aliphatic carbocycles. The van der Waals surface area contributed by atoms with Crippen molar-refractivity contribution in [3.63, 3.8) is 0 Å². The third-order valence-electron chi connectivity index (χ3n) is 5.26. The van der Waals surface area contributed by atoms with Gasteiger partial charge < -0.3 is 19.5 Å². The lowest BCUT2D eigenvalue weighted by Crippen LogP contribution is -2.31. The van der Waals surface area contributed by atoms with Crippen LogP contribution in [0.5, 0.6) is 17.2 Å². The maximum Gasteiger partial charge on any atom is 0.573 e. The van der Waals surface area contributed by atoms with Crippen LogP contribution >= 0.6 is 11.8 Å². The minimum absolute atomic E-state index is 0.111. The molecular weight excluding hydrogens is 535 g/mol. The Labute approximate surface area is 226 Å². The van der Waals surface area contributed by atoms with Gasteiger partial charge in [0, 0.05) is 5.69 Å². The number of ether oxygens (including phenoxy) is 3. The second kappa shape index (κ2) is 11.9. The number of carbonyl (C=O) groups is 2. The first kappa shape index (κ1) is 27.6. The Hall–Kier alpha value is -4.45. The van der Waals surface area contributed by atoms with Crippen LogP contribution in [0.4, 0.5) is 24.5 Å². The van der Waals surface area contributed by atoms with Gasteiger partial charge in [0.15, 0.2) is 16.7 Å². The van der Waals surface area contributed by atoms with Crippen LogP contribution in [0.2, 0.25) is 0 Å². The lowest BCUT2D eigenvalue weighted by Gasteiger charge is -2.17. The molecule has 3 aromatic rings. The molecule has 0 unspecified atom stereocenters. The van der Waals surface area contributed by atoms with Crippen molar-refractivity contribution >= 4 is 46.2 Å². The third-order valence-corrected chi connectivity index (χ3v) is 6.20. The maximum absolute atomic E-state index is 13.3. The van der Waals surface area contributed by atoms with E-state index in [2.05, 4.69) is 15.0 Å². The number of benzene rings is 3. The van der Waals surface area contributed by atoms with Crippen molar-refractivity contribution in [1.29, 1.82) is 0 Å². The van der Waals surface area contributed by atoms with Gasteiger partial charge in [-0.1, -0.05) is 36.0 Å². The number of para-hydroxylation sites is 1. The van der Waals surface area contributed by atoms with E-state index in [1.165, 1.54) is 31.3 Å². The molecule has 39 heavy (non-hydrogen) atoms. The van der Waals surface area contributed by atoms with E-state index in [4.69, 9.17) is 9.47 Å². The Morgan fingerprint density at radius 3 is 2.33 bits per heavy atom. The minimum Gasteiger partial charge on any atom is -0.493 e. The van der Waals surface area contributed by atoms with E-state index >= 15 is 0 Å². The zero-order valence-electron chi connectivity index (χ0n) is 20.7. The van der Waals surface area contributed by atoms with Gasteiger partial charge in [0.05, 0.1) is 25.7 Å². The van der Waals surface area contributed by atoms with Gasteiger partial charge >= 0.3 is 6.36 Å². The van der Waals surface area contributed by atoms with Gasteiger partial charge in [0.25, 0.3) is 5.91 Å². The van der Waals surface area contributed by atoms with E-state index in [1.54, 1.807) is 48.5 Å². The van der Waals surface area contributed by atoms with Gasteiger partial charge in [-0.25, -0.2) is 4.99 Å². The largest absolute Gasteiger partial charge is 0.573 e. The van der Waals surface area contributed by atoms with Crippen LogP contribution in [0.3, 0.4) is 0 Å². The molecule has 0 saturated heterocycles. The zero-order valence-corrected chi connectivity index (χ0v) is 21.5. The molecular formula is C27H22F3N3O5S. The summed E-state index contributed by atoms with van der Waals surface area (Å²) < 4.78 is 51.5. The average molecular weight is 558 g/mol. The van der Waals surface area contributed by atoms with E-state index in [9.17, 15) is 22.8 Å². The van der Waals surface area contributed by atoms with E-state index in [0.717, 1.165) is 23.9 Å². The fraction of sp³-hybridized carbons (Fsp3) is 0.148. The maximum atomic E-state index is 13.3. The first-order chi connectivity index (χ1) is 18.7. The zero-order chi connectivity index (χ0) is 28.0. The number of methoxy groups -OCH3 is 2. The molecule has 2 amide bonds. The highest BCUT2D eigenvalue weighted by molar-refractivity contribution is 8.14. The summed E-state index contributed by atoms with van der Waals surface area (Å²) in [4.78, 5) is 31.8. The number of halogens is 3. The van der Waals surface area contributed by atoms with Crippen molar-refractivity contribution < 1.29 is 37.0 Å². The molecule has 3 aromatic carbocycles. The monoisotopic (exact) mass is 557 g/mol. The summed E-state index contributed by atoms with van der Waals surface area (Å²) in [6.45, 7) is 0. The lowest BCUT2D eigenvalue weighted by molar-refractivity contribution is -0.274. The summed E-state index contributed by atoms with van der Waals surface area (Å²) in [6, 6.07) is 18.8. The summed E-state index contributed by atoms with van der Waals surface area (Å²) in [6.07, 6.45) is -3.20. The average Bonchev–Trinajstić information content (AvgIpc) is 3.22. The Morgan fingerprint density at radius 2 is 1.69 bits per heavy atom. The van der Waals surface area contributed by atoms with Crippen molar-refractivity contribution in [2.75, 3.05) is 30.2 Å². The van der Waals surface area contributed by atoms with E-state index < -0.39 is 18.0 Å². The standard InChI is InChI=1S/C27H22F3N3O5S/c1-36-22-13-8-17(15-23(22)37-2)14-21-25(35)33(19-6-4-3-5-7-19)26(32-21)39-16-24(34)31-18-9-11-20(12-10-18)38-27(28,29)30/h3-15H,16H2,1-2H3,(H,31,34). The molecule has 1 N–H and O–H groups in total. The number of aliphatic imine (C=N–C) groups is 1. The van der Waals surface area contributed by atoms with Gasteiger partial charge in [0.1, 0.15) is 11.4 Å². The van der Waals surface area contributed by atoms with Crippen molar-refractivity contribution in [3.05, 3.63) is 84.1 Å². The smallest absolute Gasteiger partial charge is 0.493 e. The van der Waals surface area contributed by atoms with E-state index in [1.807, 2.05) is 6.07 Å². The van der Waals surface area contributed by atoms with E-state index in [-0.39, 0.29) is 23.0 Å². The molecule has 4 rings (SSSR count). The summed E-state index contributed by atoms with van der Waals surface area (Å²) >= 11 is 1.04. The Balaban J connectivity index is 1.51. The number of amidine groups is 1. The fourth-order valence-corrected chi connectivity index (χ4v) is 4.38. The van der Waals surface area contributed by atoms with Crippen LogP contribution in [0, 0.1) is 0 Å². The molecule has 0 spiro atoms. The van der Waals surface area contributed by atoms with Crippen LogP contribution in [0.15, 0.2) is 83.5 Å². The highest BCUT2D eigenvalue weighted by Crippen LogP contribution is 2.32. The van der Waals surface area contributed by atoms with Crippen molar-refractivity contribution in [1.82, 2.24) is 0 Å². The number of amides is 2. The normalized spacial score (nSPS) is 14.3. The van der Waals surface area contributed by atoms with Gasteiger partial charge in [-0.05, 0) is 60.2 Å². The molecule has 12 heteroatoms. The first-order valence-electron chi connectivity index (χ1n) is 11.4. The number of hydrogen-bond donors (Lipinski definition) is 1. The molecule has 0 bridgehead atoms. The number of alkyl halides is 3. The van der Waals surface area contributed by atoms with Crippen LogP contribution in [0.25, 0.3) is 6.08 Å². The summed E-state index contributed by atoms with van der Waals surface area (Å²) in [5.41, 5.74) is 1.68. The predicted molar refractivity (Wildman–Crippen MR) is 143 cm³/mol. The van der Waals surface area contributed by atoms with Crippen molar-refractivity contribution in [2.24, 2.45) is 4.99 Å². The predicted octanol–water partition coefficient (Wildman–Crippen LogP) is 5.72. The van der Waals surface area contributed by atoms with Crippen LogP contribution < -0.4 is 24.4 Å². The number of nitrogens with zero attached hydrogens (tertiary/aromatic N) is 2. The van der Waals surface area contributed by atoms with Gasteiger partial charge in [0.2, 0.25) is 5.91 Å². The Kier molecular flexibility index (Phi) is 8.45. The van der Waals surface area contributed by atoms with Crippen LogP contribution in [-0.4, -0.2) is 43.3 Å². The van der Waals surface area contributed by atoms with Crippen molar-refractivity contribution in [3.8, 4) is 17.2 Å². The van der Waals surface area contributed by atoms with Gasteiger partial charge in [-0.3, -0.25) is 14.5 Å². The van der Waals surface area contributed by atoms with Crippen LogP contribution in [-0.2, 0) is 9.59 Å². The number of hydrogen-bond acceptors (Lipinski definition) is 7.